The minimum atomic E-state index is -0.780. The fourth-order valence-corrected chi connectivity index (χ4v) is 2.51. The van der Waals surface area contributed by atoms with Crippen molar-refractivity contribution in [1.29, 1.82) is 0 Å². The Hall–Kier alpha value is -1.39. The average molecular weight is 234 g/mol. The largest absolute Gasteiger partial charge is 0.459 e. The summed E-state index contributed by atoms with van der Waals surface area (Å²) in [6.45, 7) is 0. The number of hydrogen-bond acceptors (Lipinski definition) is 4. The number of aliphatic hydroxyl groups excluding tert-OH is 1. The van der Waals surface area contributed by atoms with E-state index in [1.165, 1.54) is 0 Å². The van der Waals surface area contributed by atoms with Gasteiger partial charge in [0.1, 0.15) is 18.3 Å². The number of esters is 1. The van der Waals surface area contributed by atoms with E-state index in [2.05, 4.69) is 0 Å². The lowest BCUT2D eigenvalue weighted by atomic mass is 9.90. The third-order valence-corrected chi connectivity index (χ3v) is 3.33. The highest BCUT2D eigenvalue weighted by atomic mass is 16.6. The molecule has 0 radical (unpaired) electrons. The maximum absolute atomic E-state index is 11.3. The Morgan fingerprint density at radius 3 is 2.76 bits per heavy atom. The summed E-state index contributed by atoms with van der Waals surface area (Å²) >= 11 is 0. The molecule has 0 spiro atoms. The smallest absolute Gasteiger partial charge is 0.308 e. The van der Waals surface area contributed by atoms with Gasteiger partial charge in [0.15, 0.2) is 0 Å². The van der Waals surface area contributed by atoms with Crippen molar-refractivity contribution >= 4 is 5.97 Å². The van der Waals surface area contributed by atoms with E-state index in [1.807, 2.05) is 30.3 Å². The molecular formula is C13H14O4. The fraction of sp³-hybridized carbons (Fsp3) is 0.462. The third-order valence-electron chi connectivity index (χ3n) is 3.33. The fourth-order valence-electron chi connectivity index (χ4n) is 2.51. The Morgan fingerprint density at radius 1 is 1.24 bits per heavy atom. The second-order valence-corrected chi connectivity index (χ2v) is 4.55. The number of ether oxygens (including phenoxy) is 2. The van der Waals surface area contributed by atoms with Crippen molar-refractivity contribution in [3.8, 4) is 0 Å². The summed E-state index contributed by atoms with van der Waals surface area (Å²) in [4.78, 5) is 11.3. The standard InChI is InChI=1S/C13H14O4/c14-11-7-9-6-10(17-11)12(15)13(16-9)8-4-2-1-3-5-8/h1-5,9-10,12-13,15H,6-7H2/t9-,10+,12-,13-/m1/s1. The number of benzene rings is 1. The molecule has 4 nitrogen and oxygen atoms in total. The van der Waals surface area contributed by atoms with E-state index in [0.29, 0.717) is 6.42 Å². The van der Waals surface area contributed by atoms with Gasteiger partial charge in [0, 0.05) is 6.42 Å². The molecule has 2 fully saturated rings. The number of hydrogen-bond donors (Lipinski definition) is 1. The molecule has 0 unspecified atom stereocenters. The van der Waals surface area contributed by atoms with Gasteiger partial charge in [-0.2, -0.15) is 0 Å². The average Bonchev–Trinajstić information content (AvgIpc) is 2.34. The summed E-state index contributed by atoms with van der Waals surface area (Å²) in [6.07, 6.45) is -0.857. The van der Waals surface area contributed by atoms with Crippen molar-refractivity contribution in [3.05, 3.63) is 35.9 Å². The van der Waals surface area contributed by atoms with Gasteiger partial charge in [0.2, 0.25) is 0 Å². The van der Waals surface area contributed by atoms with Gasteiger partial charge >= 0.3 is 5.97 Å². The topological polar surface area (TPSA) is 55.8 Å². The van der Waals surface area contributed by atoms with Crippen LogP contribution in [0.1, 0.15) is 24.5 Å². The van der Waals surface area contributed by atoms with Crippen molar-refractivity contribution in [3.63, 3.8) is 0 Å². The number of fused-ring (bicyclic) bond motifs is 2. The van der Waals surface area contributed by atoms with Crippen LogP contribution < -0.4 is 0 Å². The highest BCUT2D eigenvalue weighted by molar-refractivity contribution is 5.71. The first-order chi connectivity index (χ1) is 8.24. The van der Waals surface area contributed by atoms with Crippen molar-refractivity contribution < 1.29 is 19.4 Å². The number of carbonyl (C=O) groups is 1. The predicted molar refractivity (Wildman–Crippen MR) is 59.2 cm³/mol. The van der Waals surface area contributed by atoms with Gasteiger partial charge in [0.25, 0.3) is 0 Å². The third kappa shape index (κ3) is 1.94. The Balaban J connectivity index is 1.86. The van der Waals surface area contributed by atoms with Gasteiger partial charge in [-0.3, -0.25) is 4.79 Å². The summed E-state index contributed by atoms with van der Waals surface area (Å²) in [7, 11) is 0. The monoisotopic (exact) mass is 234 g/mol. The molecule has 1 aromatic carbocycles. The van der Waals surface area contributed by atoms with E-state index in [9.17, 15) is 9.90 Å². The van der Waals surface area contributed by atoms with Gasteiger partial charge < -0.3 is 14.6 Å². The quantitative estimate of drug-likeness (QED) is 0.742. The Morgan fingerprint density at radius 2 is 2.00 bits per heavy atom. The van der Waals surface area contributed by atoms with Gasteiger partial charge in [-0.1, -0.05) is 30.3 Å². The summed E-state index contributed by atoms with van der Waals surface area (Å²) in [5.74, 6) is -0.281. The van der Waals surface area contributed by atoms with Crippen LogP contribution in [-0.2, 0) is 14.3 Å². The molecule has 2 saturated heterocycles. The molecular weight excluding hydrogens is 220 g/mol. The van der Waals surface area contributed by atoms with Crippen LogP contribution in [-0.4, -0.2) is 29.4 Å². The van der Waals surface area contributed by atoms with Crippen molar-refractivity contribution in [1.82, 2.24) is 0 Å². The zero-order chi connectivity index (χ0) is 11.8. The Bertz CT molecular complexity index is 417. The molecule has 3 rings (SSSR count). The maximum Gasteiger partial charge on any atom is 0.308 e. The predicted octanol–water partition coefficient (Wildman–Crippen LogP) is 1.19. The number of rotatable bonds is 1. The van der Waals surface area contributed by atoms with Gasteiger partial charge in [0.05, 0.1) is 12.5 Å². The SMILES string of the molecule is O=C1C[C@H]2C[C@H](O1)[C@@H](O)[C@@H](c1ccccc1)O2. The van der Waals surface area contributed by atoms with E-state index in [1.54, 1.807) is 0 Å². The van der Waals surface area contributed by atoms with Crippen molar-refractivity contribution in [2.75, 3.05) is 0 Å². The Labute approximate surface area is 99.2 Å². The van der Waals surface area contributed by atoms with Crippen LogP contribution in [0, 0.1) is 0 Å². The van der Waals surface area contributed by atoms with Crippen molar-refractivity contribution in [2.45, 2.75) is 37.3 Å². The van der Waals surface area contributed by atoms with Crippen LogP contribution in [0.5, 0.6) is 0 Å². The van der Waals surface area contributed by atoms with Crippen LogP contribution in [0.15, 0.2) is 30.3 Å². The first-order valence-electron chi connectivity index (χ1n) is 5.82. The van der Waals surface area contributed by atoms with Crippen LogP contribution in [0.2, 0.25) is 0 Å². The first-order valence-corrected chi connectivity index (χ1v) is 5.82. The molecule has 2 bridgehead atoms. The van der Waals surface area contributed by atoms with Crippen LogP contribution in [0.4, 0.5) is 0 Å². The zero-order valence-corrected chi connectivity index (χ0v) is 9.28. The molecule has 2 heterocycles. The van der Waals surface area contributed by atoms with Crippen molar-refractivity contribution in [2.24, 2.45) is 0 Å². The summed E-state index contributed by atoms with van der Waals surface area (Å²) in [6, 6.07) is 9.55. The lowest BCUT2D eigenvalue weighted by Gasteiger charge is -2.42. The molecule has 1 aromatic rings. The molecule has 4 atom stereocenters. The molecule has 0 aromatic heterocycles. The first kappa shape index (κ1) is 10.7. The van der Waals surface area contributed by atoms with E-state index >= 15 is 0 Å². The summed E-state index contributed by atoms with van der Waals surface area (Å²) < 4.78 is 10.9. The van der Waals surface area contributed by atoms with Crippen LogP contribution in [0.3, 0.4) is 0 Å². The Kier molecular flexibility index (Phi) is 2.61. The zero-order valence-electron chi connectivity index (χ0n) is 9.28. The van der Waals surface area contributed by atoms with E-state index < -0.39 is 18.3 Å². The number of carbonyl (C=O) groups excluding carboxylic acids is 1. The molecule has 1 N–H and O–H groups in total. The molecule has 0 amide bonds. The molecule has 17 heavy (non-hydrogen) atoms. The van der Waals surface area contributed by atoms with E-state index in [0.717, 1.165) is 5.56 Å². The second kappa shape index (κ2) is 4.13. The minimum absolute atomic E-state index is 0.130. The van der Waals surface area contributed by atoms with Crippen LogP contribution in [0.25, 0.3) is 0 Å². The summed E-state index contributed by atoms with van der Waals surface area (Å²) in [5.41, 5.74) is 0.924. The number of aliphatic hydroxyl groups is 1. The van der Waals surface area contributed by atoms with Gasteiger partial charge in [-0.05, 0) is 5.56 Å². The van der Waals surface area contributed by atoms with Crippen LogP contribution >= 0.6 is 0 Å². The molecule has 2 aliphatic rings. The minimum Gasteiger partial charge on any atom is -0.459 e. The molecule has 90 valence electrons. The highest BCUT2D eigenvalue weighted by Crippen LogP contribution is 2.37. The molecule has 2 aliphatic heterocycles. The van der Waals surface area contributed by atoms with Gasteiger partial charge in [-0.15, -0.1) is 0 Å². The normalized spacial score (nSPS) is 36.4. The maximum atomic E-state index is 11.3. The lowest BCUT2D eigenvalue weighted by molar-refractivity contribution is -0.218. The van der Waals surface area contributed by atoms with E-state index in [4.69, 9.17) is 9.47 Å². The molecule has 0 aliphatic carbocycles. The van der Waals surface area contributed by atoms with E-state index in [-0.39, 0.29) is 18.5 Å². The molecule has 4 heteroatoms. The lowest BCUT2D eigenvalue weighted by Crippen LogP contribution is -2.50. The highest BCUT2D eigenvalue weighted by Gasteiger charge is 2.44. The van der Waals surface area contributed by atoms with Gasteiger partial charge in [-0.25, -0.2) is 0 Å². The molecule has 0 saturated carbocycles. The second-order valence-electron chi connectivity index (χ2n) is 4.55. The summed E-state index contributed by atoms with van der Waals surface area (Å²) in [5, 5.41) is 10.1.